The van der Waals surface area contributed by atoms with Crippen LogP contribution in [-0.4, -0.2) is 24.1 Å². The Morgan fingerprint density at radius 2 is 2.50 bits per heavy atom. The average molecular weight is 141 g/mol. The zero-order valence-electron chi connectivity index (χ0n) is 5.11. The minimum absolute atomic E-state index is 0.141. The van der Waals surface area contributed by atoms with Gasteiger partial charge in [0.25, 0.3) is 5.91 Å². The number of primary amides is 1. The molecular formula is C4H7N5O. The van der Waals surface area contributed by atoms with Gasteiger partial charge in [-0.05, 0) is 0 Å². The summed E-state index contributed by atoms with van der Waals surface area (Å²) in [5, 5.41) is 0. The van der Waals surface area contributed by atoms with Gasteiger partial charge in [-0.3, -0.25) is 10.6 Å². The first-order chi connectivity index (χ1) is 4.75. The van der Waals surface area contributed by atoms with Gasteiger partial charge in [0.1, 0.15) is 12.1 Å². The van der Waals surface area contributed by atoms with Crippen molar-refractivity contribution in [1.82, 2.24) is 5.43 Å². The Morgan fingerprint density at radius 3 is 2.90 bits per heavy atom. The van der Waals surface area contributed by atoms with Crippen LogP contribution in [0.5, 0.6) is 0 Å². The summed E-state index contributed by atoms with van der Waals surface area (Å²) in [4.78, 5) is 17.8. The van der Waals surface area contributed by atoms with Crippen molar-refractivity contribution in [3.63, 3.8) is 0 Å². The lowest BCUT2D eigenvalue weighted by atomic mass is 10.3. The van der Waals surface area contributed by atoms with Crippen LogP contribution in [0.3, 0.4) is 0 Å². The first-order valence-electron chi connectivity index (χ1n) is 2.61. The Labute approximate surface area is 57.0 Å². The predicted octanol–water partition coefficient (Wildman–Crippen LogP) is -2.26. The number of nitrogens with zero attached hydrogens (tertiary/aromatic N) is 2. The molecule has 1 rings (SSSR count). The third-order valence-electron chi connectivity index (χ3n) is 1.08. The molecule has 0 aliphatic carbocycles. The van der Waals surface area contributed by atoms with Crippen LogP contribution in [0, 0.1) is 0 Å². The van der Waals surface area contributed by atoms with E-state index in [0.717, 1.165) is 0 Å². The van der Waals surface area contributed by atoms with Crippen molar-refractivity contribution in [3.8, 4) is 0 Å². The van der Waals surface area contributed by atoms with Gasteiger partial charge in [0.2, 0.25) is 0 Å². The van der Waals surface area contributed by atoms with Gasteiger partial charge in [-0.1, -0.05) is 0 Å². The Balaban J connectivity index is 2.71. The molecule has 6 nitrogen and oxygen atoms in total. The van der Waals surface area contributed by atoms with Gasteiger partial charge in [-0.25, -0.2) is 15.4 Å². The molecule has 0 fully saturated rings. The number of rotatable bonds is 2. The average Bonchev–Trinajstić information content (AvgIpc) is 2.33. The molecule has 54 valence electrons. The normalized spacial score (nSPS) is 22.9. The molecule has 0 spiro atoms. The number of aliphatic imine (C=N–C) groups is 2. The van der Waals surface area contributed by atoms with Crippen molar-refractivity contribution in [2.24, 2.45) is 21.6 Å². The summed E-state index contributed by atoms with van der Waals surface area (Å²) in [5.41, 5.74) is 7.33. The second kappa shape index (κ2) is 2.54. The Morgan fingerprint density at radius 1 is 1.80 bits per heavy atom. The van der Waals surface area contributed by atoms with Crippen LogP contribution in [-0.2, 0) is 4.79 Å². The highest BCUT2D eigenvalue weighted by molar-refractivity contribution is 6.42. The minimum atomic E-state index is -0.611. The second-order valence-corrected chi connectivity index (χ2v) is 1.71. The first kappa shape index (κ1) is 6.84. The van der Waals surface area contributed by atoms with E-state index in [4.69, 9.17) is 11.6 Å². The van der Waals surface area contributed by atoms with Crippen molar-refractivity contribution in [2.75, 3.05) is 0 Å². The third kappa shape index (κ3) is 1.02. The van der Waals surface area contributed by atoms with E-state index in [1.807, 2.05) is 0 Å². The summed E-state index contributed by atoms with van der Waals surface area (Å²) in [5.74, 6) is 4.40. The number of carbonyl (C=O) groups is 1. The first-order valence-corrected chi connectivity index (χ1v) is 2.61. The van der Waals surface area contributed by atoms with E-state index in [1.54, 1.807) is 0 Å². The van der Waals surface area contributed by atoms with Gasteiger partial charge in [0.05, 0.1) is 0 Å². The fraction of sp³-hybridized carbons (Fsp3) is 0.250. The van der Waals surface area contributed by atoms with Crippen molar-refractivity contribution >= 4 is 18.0 Å². The van der Waals surface area contributed by atoms with Gasteiger partial charge >= 0.3 is 0 Å². The summed E-state index contributed by atoms with van der Waals surface area (Å²) in [6.45, 7) is 0. The van der Waals surface area contributed by atoms with E-state index >= 15 is 0 Å². The van der Waals surface area contributed by atoms with Gasteiger partial charge < -0.3 is 5.73 Å². The lowest BCUT2D eigenvalue weighted by Gasteiger charge is -2.04. The number of carbonyl (C=O) groups excluding carboxylic acids is 1. The third-order valence-corrected chi connectivity index (χ3v) is 1.08. The molecular weight excluding hydrogens is 134 g/mol. The van der Waals surface area contributed by atoms with Crippen LogP contribution in [0.25, 0.3) is 0 Å². The molecule has 0 aromatic rings. The van der Waals surface area contributed by atoms with E-state index in [2.05, 4.69) is 15.4 Å². The molecule has 0 bridgehead atoms. The molecule has 10 heavy (non-hydrogen) atoms. The van der Waals surface area contributed by atoms with Crippen LogP contribution in [0.4, 0.5) is 0 Å². The molecule has 0 aromatic heterocycles. The van der Waals surface area contributed by atoms with Crippen LogP contribution in [0.1, 0.15) is 0 Å². The number of hydrogen-bond donors (Lipinski definition) is 3. The minimum Gasteiger partial charge on any atom is -0.364 e. The number of nitrogens with two attached hydrogens (primary N) is 2. The maximum Gasteiger partial charge on any atom is 0.266 e. The van der Waals surface area contributed by atoms with Gasteiger partial charge in [-0.2, -0.15) is 0 Å². The highest BCUT2D eigenvalue weighted by Gasteiger charge is 2.20. The molecule has 6 heteroatoms. The molecule has 1 heterocycles. The summed E-state index contributed by atoms with van der Waals surface area (Å²) in [6.07, 6.45) is 0.669. The maximum absolute atomic E-state index is 10.5. The quantitative estimate of drug-likeness (QED) is 0.298. The lowest BCUT2D eigenvalue weighted by molar-refractivity contribution is -0.112. The Kier molecular flexibility index (Phi) is 1.74. The second-order valence-electron chi connectivity index (χ2n) is 1.71. The number of nitrogens with one attached hydrogen (secondary N) is 1. The van der Waals surface area contributed by atoms with Crippen molar-refractivity contribution in [1.29, 1.82) is 0 Å². The predicted molar refractivity (Wildman–Crippen MR) is 36.2 cm³/mol. The smallest absolute Gasteiger partial charge is 0.266 e. The SMILES string of the molecule is NNC1N=CN=C1C(N)=O. The van der Waals surface area contributed by atoms with E-state index < -0.39 is 12.1 Å². The van der Waals surface area contributed by atoms with Crippen molar-refractivity contribution in [2.45, 2.75) is 6.17 Å². The van der Waals surface area contributed by atoms with E-state index in [0.29, 0.717) is 0 Å². The fourth-order valence-electron chi connectivity index (χ4n) is 0.624. The van der Waals surface area contributed by atoms with Gasteiger partial charge in [0, 0.05) is 0 Å². The lowest BCUT2D eigenvalue weighted by Crippen LogP contribution is -2.43. The van der Waals surface area contributed by atoms with Crippen molar-refractivity contribution < 1.29 is 4.79 Å². The van der Waals surface area contributed by atoms with Crippen LogP contribution >= 0.6 is 0 Å². The monoisotopic (exact) mass is 141 g/mol. The van der Waals surface area contributed by atoms with Gasteiger partial charge in [0.15, 0.2) is 6.17 Å². The highest BCUT2D eigenvalue weighted by atomic mass is 16.1. The maximum atomic E-state index is 10.5. The number of hydrazine groups is 1. The number of amides is 1. The molecule has 0 aromatic carbocycles. The molecule has 0 saturated carbocycles. The van der Waals surface area contributed by atoms with Crippen LogP contribution in [0.15, 0.2) is 9.98 Å². The molecule has 1 unspecified atom stereocenters. The molecule has 0 radical (unpaired) electrons. The zero-order valence-corrected chi connectivity index (χ0v) is 5.11. The largest absolute Gasteiger partial charge is 0.364 e. The van der Waals surface area contributed by atoms with Crippen LogP contribution < -0.4 is 17.0 Å². The molecule has 1 aliphatic rings. The highest BCUT2D eigenvalue weighted by Crippen LogP contribution is 1.95. The molecule has 1 atom stereocenters. The van der Waals surface area contributed by atoms with Gasteiger partial charge in [-0.15, -0.1) is 0 Å². The summed E-state index contributed by atoms with van der Waals surface area (Å²) >= 11 is 0. The van der Waals surface area contributed by atoms with Crippen molar-refractivity contribution in [3.05, 3.63) is 0 Å². The van der Waals surface area contributed by atoms with Crippen LogP contribution in [0.2, 0.25) is 0 Å². The summed E-state index contributed by atoms with van der Waals surface area (Å²) < 4.78 is 0. The fourth-order valence-corrected chi connectivity index (χ4v) is 0.624. The number of hydrogen-bond acceptors (Lipinski definition) is 5. The summed E-state index contributed by atoms with van der Waals surface area (Å²) in [7, 11) is 0. The summed E-state index contributed by atoms with van der Waals surface area (Å²) in [6, 6.07) is 0. The molecule has 5 N–H and O–H groups in total. The van der Waals surface area contributed by atoms with E-state index in [-0.39, 0.29) is 5.71 Å². The molecule has 1 amide bonds. The molecule has 1 aliphatic heterocycles. The Hall–Kier alpha value is -1.27. The standard InChI is InChI=1S/C4H7N5O/c5-3(10)2-4(9-6)8-1-7-2/h1,4,9H,6H2,(H2,5,10). The van der Waals surface area contributed by atoms with E-state index in [9.17, 15) is 4.79 Å². The Bertz CT molecular complexity index is 208. The van der Waals surface area contributed by atoms with E-state index in [1.165, 1.54) is 6.34 Å². The zero-order chi connectivity index (χ0) is 7.56. The topological polar surface area (TPSA) is 106 Å². The molecule has 0 saturated heterocycles.